The fourth-order valence-electron chi connectivity index (χ4n) is 8.38. The molecule has 0 aliphatic rings. The van der Waals surface area contributed by atoms with E-state index in [2.05, 4.69) is 62.8 Å². The number of ether oxygens (including phenoxy) is 6. The molecule has 4 aromatic carbocycles. The lowest BCUT2D eigenvalue weighted by Crippen LogP contribution is -2.21. The standard InChI is InChI=1S/C60H92N4O8/c1-7-13-19-25-37-67-52-43-48(44-53(68-38-26-20-14-8-2)57(52)71-41-29-23-17-11-5)61-59(65)63-50-35-31-33-47-34-32-36-51(56(47)50)64-60(66)62-49-45-54(69-39-27-21-15-9-3)58(72-42-30-24-18-12-6)55(46-49)70-40-28-22-16-10-4/h31-36,43-46H,7-30,37-42H2,1-6H3,(H2,61,63,65)(H2,62,64,66). The number of anilines is 4. The molecule has 0 heterocycles. The minimum absolute atomic E-state index is 0.463. The molecule has 0 aliphatic heterocycles. The number of rotatable bonds is 40. The molecular weight excluding hydrogens is 905 g/mol. The molecule has 400 valence electrons. The van der Waals surface area contributed by atoms with Crippen LogP contribution in [0.25, 0.3) is 10.8 Å². The van der Waals surface area contributed by atoms with Crippen molar-refractivity contribution in [3.63, 3.8) is 0 Å². The van der Waals surface area contributed by atoms with Crippen molar-refractivity contribution in [2.45, 2.75) is 196 Å². The van der Waals surface area contributed by atoms with Crippen molar-refractivity contribution in [1.29, 1.82) is 0 Å². The van der Waals surface area contributed by atoms with Crippen LogP contribution in [0.15, 0.2) is 60.7 Å². The molecule has 0 spiro atoms. The van der Waals surface area contributed by atoms with E-state index in [-0.39, 0.29) is 0 Å². The predicted octanol–water partition coefficient (Wildman–Crippen LogP) is 17.9. The van der Waals surface area contributed by atoms with E-state index in [4.69, 9.17) is 28.4 Å². The topological polar surface area (TPSA) is 138 Å². The third kappa shape index (κ3) is 22.1. The Kier molecular flexibility index (Phi) is 29.9. The van der Waals surface area contributed by atoms with Gasteiger partial charge in [-0.05, 0) is 56.0 Å². The van der Waals surface area contributed by atoms with Crippen molar-refractivity contribution in [1.82, 2.24) is 0 Å². The van der Waals surface area contributed by atoms with Crippen molar-refractivity contribution >= 4 is 45.6 Å². The Balaban J connectivity index is 1.60. The number of hydrogen-bond donors (Lipinski definition) is 4. The van der Waals surface area contributed by atoms with E-state index in [1.807, 2.05) is 60.7 Å². The van der Waals surface area contributed by atoms with Crippen LogP contribution < -0.4 is 49.7 Å². The lowest BCUT2D eigenvalue weighted by molar-refractivity contribution is 0.234. The summed E-state index contributed by atoms with van der Waals surface area (Å²) in [6.07, 6.45) is 25.6. The van der Waals surface area contributed by atoms with Gasteiger partial charge in [-0.3, -0.25) is 0 Å². The minimum Gasteiger partial charge on any atom is -0.489 e. The fourth-order valence-corrected chi connectivity index (χ4v) is 8.38. The summed E-state index contributed by atoms with van der Waals surface area (Å²) in [4.78, 5) is 28.1. The van der Waals surface area contributed by atoms with Gasteiger partial charge in [0, 0.05) is 29.7 Å². The van der Waals surface area contributed by atoms with Crippen LogP contribution in [-0.4, -0.2) is 51.7 Å². The first-order chi connectivity index (χ1) is 35.3. The maximum absolute atomic E-state index is 14.0. The molecule has 4 rings (SSSR count). The number of carbonyl (C=O) groups excluding carboxylic acids is 2. The average molecular weight is 997 g/mol. The van der Waals surface area contributed by atoms with E-state index in [1.54, 1.807) is 0 Å². The van der Waals surface area contributed by atoms with Gasteiger partial charge in [0.25, 0.3) is 0 Å². The van der Waals surface area contributed by atoms with E-state index in [9.17, 15) is 9.59 Å². The Morgan fingerprint density at radius 2 is 0.625 bits per heavy atom. The molecule has 0 saturated heterocycles. The molecular formula is C60H92N4O8. The van der Waals surface area contributed by atoms with Crippen LogP contribution in [0.3, 0.4) is 0 Å². The molecule has 0 saturated carbocycles. The Morgan fingerprint density at radius 1 is 0.347 bits per heavy atom. The number of urea groups is 2. The summed E-state index contributed by atoms with van der Waals surface area (Å²) in [5, 5.41) is 13.7. The molecule has 0 unspecified atom stereocenters. The van der Waals surface area contributed by atoms with Crippen molar-refractivity contribution in [3.8, 4) is 34.5 Å². The molecule has 0 radical (unpaired) electrons. The Bertz CT molecular complexity index is 1910. The number of amides is 4. The highest BCUT2D eigenvalue weighted by molar-refractivity contribution is 6.13. The molecule has 12 heteroatoms. The zero-order valence-electron chi connectivity index (χ0n) is 45.3. The van der Waals surface area contributed by atoms with E-state index in [0.717, 1.165) is 159 Å². The largest absolute Gasteiger partial charge is 0.489 e. The molecule has 0 fully saturated rings. The molecule has 0 aliphatic carbocycles. The van der Waals surface area contributed by atoms with Crippen LogP contribution in [0.1, 0.15) is 196 Å². The lowest BCUT2D eigenvalue weighted by atomic mass is 10.1. The summed E-state index contributed by atoms with van der Waals surface area (Å²) in [6.45, 7) is 16.4. The second kappa shape index (κ2) is 36.4. The SMILES string of the molecule is CCCCCCOc1cc(NC(=O)Nc2cccc3cccc(NC(=O)Nc4cc(OCCCCCC)c(OCCCCCC)c(OCCCCCC)c4)c23)cc(OCCCCCC)c1OCCCCCC. The van der Waals surface area contributed by atoms with E-state index < -0.39 is 12.1 Å². The molecule has 4 aromatic rings. The Hall–Kier alpha value is -5.52. The van der Waals surface area contributed by atoms with Gasteiger partial charge in [0.2, 0.25) is 11.5 Å². The van der Waals surface area contributed by atoms with Crippen LogP contribution in [0.5, 0.6) is 34.5 Å². The highest BCUT2D eigenvalue weighted by Gasteiger charge is 2.21. The maximum Gasteiger partial charge on any atom is 0.323 e. The molecule has 0 aromatic heterocycles. The fraction of sp³-hybridized carbons (Fsp3) is 0.600. The molecule has 4 N–H and O–H groups in total. The summed E-state index contributed by atoms with van der Waals surface area (Å²) in [5.74, 6) is 3.34. The number of benzene rings is 4. The number of nitrogens with one attached hydrogen (secondary N) is 4. The third-order valence-corrected chi connectivity index (χ3v) is 12.5. The summed E-state index contributed by atoms with van der Waals surface area (Å²) >= 11 is 0. The first kappa shape index (κ1) is 59.0. The summed E-state index contributed by atoms with van der Waals surface area (Å²) in [6, 6.07) is 17.7. The minimum atomic E-state index is -0.463. The molecule has 4 amide bonds. The van der Waals surface area contributed by atoms with Crippen LogP contribution in [0.4, 0.5) is 32.3 Å². The summed E-state index contributed by atoms with van der Waals surface area (Å²) < 4.78 is 38.4. The number of carbonyl (C=O) groups is 2. The monoisotopic (exact) mass is 997 g/mol. The quantitative estimate of drug-likeness (QED) is 0.0323. The van der Waals surface area contributed by atoms with Gasteiger partial charge in [-0.2, -0.15) is 0 Å². The summed E-state index contributed by atoms with van der Waals surface area (Å²) in [7, 11) is 0. The smallest absolute Gasteiger partial charge is 0.323 e. The van der Waals surface area contributed by atoms with Gasteiger partial charge in [0.15, 0.2) is 23.0 Å². The normalized spacial score (nSPS) is 11.0. The maximum atomic E-state index is 14.0. The molecule has 12 nitrogen and oxygen atoms in total. The van der Waals surface area contributed by atoms with Gasteiger partial charge in [-0.15, -0.1) is 0 Å². The van der Waals surface area contributed by atoms with Crippen LogP contribution >= 0.6 is 0 Å². The second-order valence-electron chi connectivity index (χ2n) is 18.9. The van der Waals surface area contributed by atoms with Crippen LogP contribution in [0, 0.1) is 0 Å². The Labute approximate surface area is 433 Å². The van der Waals surface area contributed by atoms with Crippen molar-refractivity contribution in [3.05, 3.63) is 60.7 Å². The highest BCUT2D eigenvalue weighted by atomic mass is 16.5. The van der Waals surface area contributed by atoms with Crippen LogP contribution in [0.2, 0.25) is 0 Å². The predicted molar refractivity (Wildman–Crippen MR) is 300 cm³/mol. The van der Waals surface area contributed by atoms with E-state index in [1.165, 1.54) is 0 Å². The van der Waals surface area contributed by atoms with Gasteiger partial charge in [-0.25, -0.2) is 9.59 Å². The first-order valence-corrected chi connectivity index (χ1v) is 28.2. The van der Waals surface area contributed by atoms with Crippen LogP contribution in [-0.2, 0) is 0 Å². The third-order valence-electron chi connectivity index (χ3n) is 12.5. The number of fused-ring (bicyclic) bond motifs is 1. The van der Waals surface area contributed by atoms with Gasteiger partial charge < -0.3 is 49.7 Å². The average Bonchev–Trinajstić information content (AvgIpc) is 3.37. The van der Waals surface area contributed by atoms with Crippen molar-refractivity contribution in [2.75, 3.05) is 60.9 Å². The first-order valence-electron chi connectivity index (χ1n) is 28.2. The second-order valence-corrected chi connectivity index (χ2v) is 18.9. The van der Waals surface area contributed by atoms with Gasteiger partial charge >= 0.3 is 12.1 Å². The zero-order chi connectivity index (χ0) is 51.4. The summed E-state index contributed by atoms with van der Waals surface area (Å²) in [5.41, 5.74) is 2.06. The van der Waals surface area contributed by atoms with Gasteiger partial charge in [0.05, 0.1) is 62.4 Å². The zero-order valence-corrected chi connectivity index (χ0v) is 45.3. The number of hydrogen-bond acceptors (Lipinski definition) is 8. The molecule has 0 bridgehead atoms. The van der Waals surface area contributed by atoms with Gasteiger partial charge in [0.1, 0.15) is 0 Å². The van der Waals surface area contributed by atoms with Crippen molar-refractivity contribution in [2.24, 2.45) is 0 Å². The van der Waals surface area contributed by atoms with Crippen molar-refractivity contribution < 1.29 is 38.0 Å². The van der Waals surface area contributed by atoms with E-state index in [0.29, 0.717) is 102 Å². The highest BCUT2D eigenvalue weighted by Crippen LogP contribution is 2.43. The van der Waals surface area contributed by atoms with E-state index >= 15 is 0 Å². The number of unbranched alkanes of at least 4 members (excludes halogenated alkanes) is 18. The Morgan fingerprint density at radius 3 is 0.903 bits per heavy atom. The lowest BCUT2D eigenvalue weighted by Gasteiger charge is -2.20. The van der Waals surface area contributed by atoms with Gasteiger partial charge in [-0.1, -0.05) is 181 Å². The molecule has 0 atom stereocenters. The molecule has 72 heavy (non-hydrogen) atoms.